The molecule has 5 heteroatoms. The van der Waals surface area contributed by atoms with Gasteiger partial charge < -0.3 is 9.80 Å². The first kappa shape index (κ1) is 14.2. The summed E-state index contributed by atoms with van der Waals surface area (Å²) in [7, 11) is 0. The molecular formula is C15H18N2O3. The van der Waals surface area contributed by atoms with E-state index in [1.54, 1.807) is 17.0 Å². The third-order valence-electron chi connectivity index (χ3n) is 3.50. The van der Waals surface area contributed by atoms with Gasteiger partial charge in [-0.1, -0.05) is 18.2 Å². The van der Waals surface area contributed by atoms with Crippen molar-refractivity contribution in [1.29, 1.82) is 0 Å². The van der Waals surface area contributed by atoms with Crippen LogP contribution < -0.4 is 0 Å². The van der Waals surface area contributed by atoms with E-state index in [0.29, 0.717) is 25.2 Å². The molecule has 0 radical (unpaired) electrons. The molecule has 1 saturated heterocycles. The molecule has 0 spiro atoms. The summed E-state index contributed by atoms with van der Waals surface area (Å²) in [4.78, 5) is 38.5. The predicted octanol–water partition coefficient (Wildman–Crippen LogP) is 0.948. The van der Waals surface area contributed by atoms with Crippen molar-refractivity contribution in [3.63, 3.8) is 0 Å². The quantitative estimate of drug-likeness (QED) is 0.754. The normalized spacial score (nSPS) is 18.8. The Hall–Kier alpha value is -2.17. The number of carbonyl (C=O) groups is 3. The van der Waals surface area contributed by atoms with E-state index in [1.165, 1.54) is 11.8 Å². The SMILES string of the molecule is CC(=O)C(=O)N1CCN(C(=O)c2ccccc2)CC1C. The molecule has 0 N–H and O–H groups in total. The number of piperazine rings is 1. The molecule has 0 aromatic heterocycles. The highest BCUT2D eigenvalue weighted by Crippen LogP contribution is 2.13. The fraction of sp³-hybridized carbons (Fsp3) is 0.400. The van der Waals surface area contributed by atoms with Crippen molar-refractivity contribution in [2.45, 2.75) is 19.9 Å². The van der Waals surface area contributed by atoms with Gasteiger partial charge in [-0.25, -0.2) is 0 Å². The lowest BCUT2D eigenvalue weighted by Crippen LogP contribution is -2.56. The summed E-state index contributed by atoms with van der Waals surface area (Å²) in [6, 6.07) is 8.93. The second-order valence-electron chi connectivity index (χ2n) is 5.02. The summed E-state index contributed by atoms with van der Waals surface area (Å²) >= 11 is 0. The van der Waals surface area contributed by atoms with Crippen LogP contribution in [0.2, 0.25) is 0 Å². The van der Waals surface area contributed by atoms with Crippen molar-refractivity contribution in [1.82, 2.24) is 9.80 Å². The van der Waals surface area contributed by atoms with Crippen LogP contribution >= 0.6 is 0 Å². The second kappa shape index (κ2) is 5.86. The molecule has 2 amide bonds. The summed E-state index contributed by atoms with van der Waals surface area (Å²) in [6.45, 7) is 4.43. The van der Waals surface area contributed by atoms with Gasteiger partial charge in [0.1, 0.15) is 0 Å². The zero-order valence-electron chi connectivity index (χ0n) is 11.7. The average Bonchev–Trinajstić information content (AvgIpc) is 2.46. The predicted molar refractivity (Wildman–Crippen MR) is 74.2 cm³/mol. The summed E-state index contributed by atoms with van der Waals surface area (Å²) in [5.41, 5.74) is 0.644. The first-order valence-corrected chi connectivity index (χ1v) is 6.66. The number of hydrogen-bond acceptors (Lipinski definition) is 3. The van der Waals surface area contributed by atoms with Crippen molar-refractivity contribution in [3.05, 3.63) is 35.9 Å². The van der Waals surface area contributed by atoms with Gasteiger partial charge in [-0.3, -0.25) is 14.4 Å². The van der Waals surface area contributed by atoms with E-state index in [4.69, 9.17) is 0 Å². The molecule has 1 atom stereocenters. The molecule has 0 saturated carbocycles. The first-order valence-electron chi connectivity index (χ1n) is 6.66. The minimum absolute atomic E-state index is 0.0348. The van der Waals surface area contributed by atoms with E-state index < -0.39 is 11.7 Å². The molecule has 2 rings (SSSR count). The van der Waals surface area contributed by atoms with Gasteiger partial charge in [0.25, 0.3) is 11.8 Å². The maximum atomic E-state index is 12.3. The van der Waals surface area contributed by atoms with E-state index in [0.717, 1.165) is 0 Å². The van der Waals surface area contributed by atoms with Crippen molar-refractivity contribution < 1.29 is 14.4 Å². The Morgan fingerprint density at radius 3 is 2.30 bits per heavy atom. The van der Waals surface area contributed by atoms with Crippen molar-refractivity contribution >= 4 is 17.6 Å². The van der Waals surface area contributed by atoms with Crippen LogP contribution in [-0.4, -0.2) is 53.1 Å². The summed E-state index contributed by atoms with van der Waals surface area (Å²) in [5.74, 6) is -0.962. The molecule has 1 aromatic carbocycles. The Kier molecular flexibility index (Phi) is 4.17. The molecule has 1 unspecified atom stereocenters. The second-order valence-corrected chi connectivity index (χ2v) is 5.02. The lowest BCUT2D eigenvalue weighted by Gasteiger charge is -2.39. The molecule has 1 heterocycles. The van der Waals surface area contributed by atoms with Gasteiger partial charge in [0, 0.05) is 38.2 Å². The number of amides is 2. The van der Waals surface area contributed by atoms with Crippen LogP contribution in [0.5, 0.6) is 0 Å². The zero-order chi connectivity index (χ0) is 14.7. The Morgan fingerprint density at radius 2 is 1.75 bits per heavy atom. The molecule has 20 heavy (non-hydrogen) atoms. The number of Topliss-reactive ketones (excluding diaryl/α,β-unsaturated/α-hetero) is 1. The van der Waals surface area contributed by atoms with Crippen LogP contribution in [0.3, 0.4) is 0 Å². The van der Waals surface area contributed by atoms with Crippen LogP contribution in [0.25, 0.3) is 0 Å². The van der Waals surface area contributed by atoms with E-state index in [2.05, 4.69) is 0 Å². The number of nitrogens with zero attached hydrogens (tertiary/aromatic N) is 2. The molecule has 1 aromatic rings. The Morgan fingerprint density at radius 1 is 1.10 bits per heavy atom. The van der Waals surface area contributed by atoms with Gasteiger partial charge in [0.05, 0.1) is 0 Å². The highest BCUT2D eigenvalue weighted by atomic mass is 16.2. The minimum atomic E-state index is -0.468. The van der Waals surface area contributed by atoms with Gasteiger partial charge in [-0.15, -0.1) is 0 Å². The van der Waals surface area contributed by atoms with E-state index >= 15 is 0 Å². The number of ketones is 1. The van der Waals surface area contributed by atoms with Crippen LogP contribution in [0.4, 0.5) is 0 Å². The summed E-state index contributed by atoms with van der Waals surface area (Å²) < 4.78 is 0. The van der Waals surface area contributed by atoms with Gasteiger partial charge in [0.15, 0.2) is 0 Å². The standard InChI is InChI=1S/C15H18N2O3/c1-11-10-16(8-9-17(11)14(19)12(2)18)15(20)13-6-4-3-5-7-13/h3-7,11H,8-10H2,1-2H3. The number of carbonyl (C=O) groups excluding carboxylic acids is 3. The summed E-state index contributed by atoms with van der Waals surface area (Å²) in [6.07, 6.45) is 0. The lowest BCUT2D eigenvalue weighted by molar-refractivity contribution is -0.146. The molecule has 5 nitrogen and oxygen atoms in total. The zero-order valence-corrected chi connectivity index (χ0v) is 11.7. The van der Waals surface area contributed by atoms with Gasteiger partial charge in [0.2, 0.25) is 5.78 Å². The van der Waals surface area contributed by atoms with Crippen molar-refractivity contribution in [2.24, 2.45) is 0 Å². The lowest BCUT2D eigenvalue weighted by atomic mass is 10.1. The summed E-state index contributed by atoms with van der Waals surface area (Å²) in [5, 5.41) is 0. The van der Waals surface area contributed by atoms with E-state index in [9.17, 15) is 14.4 Å². The minimum Gasteiger partial charge on any atom is -0.335 e. The van der Waals surface area contributed by atoms with Crippen LogP contribution in [-0.2, 0) is 9.59 Å². The fourth-order valence-electron chi connectivity index (χ4n) is 2.41. The maximum absolute atomic E-state index is 12.3. The largest absolute Gasteiger partial charge is 0.335 e. The highest BCUT2D eigenvalue weighted by molar-refractivity contribution is 6.35. The van der Waals surface area contributed by atoms with Crippen LogP contribution in [0, 0.1) is 0 Å². The Balaban J connectivity index is 2.04. The van der Waals surface area contributed by atoms with Crippen molar-refractivity contribution in [2.75, 3.05) is 19.6 Å². The van der Waals surface area contributed by atoms with Gasteiger partial charge >= 0.3 is 0 Å². The van der Waals surface area contributed by atoms with Crippen LogP contribution in [0.15, 0.2) is 30.3 Å². The van der Waals surface area contributed by atoms with Crippen molar-refractivity contribution in [3.8, 4) is 0 Å². The number of hydrogen-bond donors (Lipinski definition) is 0. The average molecular weight is 274 g/mol. The molecule has 1 fully saturated rings. The van der Waals surface area contributed by atoms with E-state index in [-0.39, 0.29) is 11.9 Å². The topological polar surface area (TPSA) is 57.7 Å². The van der Waals surface area contributed by atoms with Gasteiger partial charge in [-0.2, -0.15) is 0 Å². The molecule has 1 aliphatic heterocycles. The van der Waals surface area contributed by atoms with Crippen LogP contribution in [0.1, 0.15) is 24.2 Å². The number of benzene rings is 1. The molecule has 0 aliphatic carbocycles. The Bertz CT molecular complexity index is 527. The third-order valence-corrected chi connectivity index (χ3v) is 3.50. The highest BCUT2D eigenvalue weighted by Gasteiger charge is 2.31. The number of rotatable bonds is 2. The molecule has 0 bridgehead atoms. The molecular weight excluding hydrogens is 256 g/mol. The fourth-order valence-corrected chi connectivity index (χ4v) is 2.41. The molecule has 106 valence electrons. The first-order chi connectivity index (χ1) is 9.50. The third kappa shape index (κ3) is 2.87. The van der Waals surface area contributed by atoms with Gasteiger partial charge in [-0.05, 0) is 19.1 Å². The van der Waals surface area contributed by atoms with E-state index in [1.807, 2.05) is 25.1 Å². The molecule has 1 aliphatic rings. The smallest absolute Gasteiger partial charge is 0.289 e. The monoisotopic (exact) mass is 274 g/mol. The maximum Gasteiger partial charge on any atom is 0.289 e. The Labute approximate surface area is 118 Å².